The Hall–Kier alpha value is -1.27. The average molecular weight is 330 g/mol. The van der Waals surface area contributed by atoms with Crippen LogP contribution in [-0.4, -0.2) is 45.5 Å². The van der Waals surface area contributed by atoms with Gasteiger partial charge in [-0.1, -0.05) is 23.7 Å². The van der Waals surface area contributed by atoms with Gasteiger partial charge in [0.2, 0.25) is 0 Å². The number of nitrogens with zero attached hydrogens (tertiary/aromatic N) is 1. The quantitative estimate of drug-likeness (QED) is 0.644. The monoisotopic (exact) mass is 329 g/mol. The fourth-order valence-electron chi connectivity index (χ4n) is 2.31. The van der Waals surface area contributed by atoms with Gasteiger partial charge in [-0.2, -0.15) is 0 Å². The zero-order chi connectivity index (χ0) is 15.3. The van der Waals surface area contributed by atoms with E-state index in [2.05, 4.69) is 15.6 Å². The summed E-state index contributed by atoms with van der Waals surface area (Å²) in [4.78, 5) is 4.12. The van der Waals surface area contributed by atoms with Gasteiger partial charge in [0, 0.05) is 24.7 Å². The summed E-state index contributed by atoms with van der Waals surface area (Å²) >= 11 is 5.94. The summed E-state index contributed by atoms with van der Waals surface area (Å²) < 4.78 is 22.9. The molecule has 1 saturated heterocycles. The normalized spacial score (nSPS) is 21.2. The number of guanidine groups is 1. The molecule has 1 atom stereocenters. The molecule has 1 aromatic rings. The van der Waals surface area contributed by atoms with E-state index in [0.717, 1.165) is 17.0 Å². The van der Waals surface area contributed by atoms with Gasteiger partial charge in [-0.05, 0) is 30.5 Å². The van der Waals surface area contributed by atoms with Gasteiger partial charge in [0.1, 0.15) is 0 Å². The molecule has 21 heavy (non-hydrogen) atoms. The number of nitrogens with one attached hydrogen (secondary N) is 2. The molecular formula is C14H20ClN3O2S. The van der Waals surface area contributed by atoms with Crippen LogP contribution in [0.15, 0.2) is 29.3 Å². The smallest absolute Gasteiger partial charge is 0.191 e. The third kappa shape index (κ3) is 5.21. The lowest BCUT2D eigenvalue weighted by Crippen LogP contribution is -2.44. The average Bonchev–Trinajstić information content (AvgIpc) is 2.77. The summed E-state index contributed by atoms with van der Waals surface area (Å²) in [5.74, 6) is 1.07. The molecule has 0 amide bonds. The third-order valence-electron chi connectivity index (χ3n) is 3.39. The fourth-order valence-corrected chi connectivity index (χ4v) is 4.20. The van der Waals surface area contributed by atoms with Gasteiger partial charge >= 0.3 is 0 Å². The lowest BCUT2D eigenvalue weighted by atomic mass is 10.1. The number of benzene rings is 1. The second-order valence-electron chi connectivity index (χ2n) is 5.12. The molecular weight excluding hydrogens is 310 g/mol. The Labute approximate surface area is 130 Å². The van der Waals surface area contributed by atoms with Crippen molar-refractivity contribution in [3.8, 4) is 0 Å². The molecule has 1 heterocycles. The minimum absolute atomic E-state index is 0.0487. The number of sulfone groups is 1. The minimum atomic E-state index is -2.88. The van der Waals surface area contributed by atoms with Crippen LogP contribution in [0.5, 0.6) is 0 Å². The maximum atomic E-state index is 11.4. The SMILES string of the molecule is CN=C(NCCc1cccc(Cl)c1)NC1CCS(=O)(=O)C1. The molecule has 1 aliphatic rings. The number of rotatable bonds is 4. The highest BCUT2D eigenvalue weighted by Crippen LogP contribution is 2.11. The van der Waals surface area contributed by atoms with Gasteiger partial charge in [-0.25, -0.2) is 8.42 Å². The van der Waals surface area contributed by atoms with Gasteiger partial charge in [-0.3, -0.25) is 4.99 Å². The molecule has 116 valence electrons. The van der Waals surface area contributed by atoms with E-state index >= 15 is 0 Å². The highest BCUT2D eigenvalue weighted by Gasteiger charge is 2.28. The van der Waals surface area contributed by atoms with Crippen molar-refractivity contribution in [3.05, 3.63) is 34.9 Å². The number of hydrogen-bond acceptors (Lipinski definition) is 3. The van der Waals surface area contributed by atoms with Crippen molar-refractivity contribution in [2.45, 2.75) is 18.9 Å². The van der Waals surface area contributed by atoms with Crippen LogP contribution in [-0.2, 0) is 16.3 Å². The van der Waals surface area contributed by atoms with E-state index in [1.807, 2.05) is 24.3 Å². The summed E-state index contributed by atoms with van der Waals surface area (Å²) in [6.45, 7) is 0.708. The Morgan fingerprint density at radius 3 is 2.90 bits per heavy atom. The van der Waals surface area contributed by atoms with Crippen LogP contribution >= 0.6 is 11.6 Å². The Balaban J connectivity index is 1.78. The van der Waals surface area contributed by atoms with Crippen molar-refractivity contribution in [3.63, 3.8) is 0 Å². The Kier molecular flexibility index (Phi) is 5.47. The van der Waals surface area contributed by atoms with Gasteiger partial charge in [0.15, 0.2) is 15.8 Å². The van der Waals surface area contributed by atoms with Gasteiger partial charge < -0.3 is 10.6 Å². The van der Waals surface area contributed by atoms with Crippen molar-refractivity contribution < 1.29 is 8.42 Å². The van der Waals surface area contributed by atoms with Crippen molar-refractivity contribution in [1.29, 1.82) is 0 Å². The second kappa shape index (κ2) is 7.13. The van der Waals surface area contributed by atoms with Crippen molar-refractivity contribution in [2.75, 3.05) is 25.1 Å². The van der Waals surface area contributed by atoms with Crippen LogP contribution < -0.4 is 10.6 Å². The Morgan fingerprint density at radius 1 is 1.48 bits per heavy atom. The molecule has 7 heteroatoms. The first kappa shape index (κ1) is 16.1. The number of hydrogen-bond donors (Lipinski definition) is 2. The third-order valence-corrected chi connectivity index (χ3v) is 5.40. The largest absolute Gasteiger partial charge is 0.356 e. The molecule has 0 spiro atoms. The molecule has 0 aromatic heterocycles. The Morgan fingerprint density at radius 2 is 2.29 bits per heavy atom. The highest BCUT2D eigenvalue weighted by molar-refractivity contribution is 7.91. The van der Waals surface area contributed by atoms with E-state index in [1.54, 1.807) is 7.05 Å². The summed E-state index contributed by atoms with van der Waals surface area (Å²) in [5.41, 5.74) is 1.15. The first-order valence-corrected chi connectivity index (χ1v) is 9.10. The van der Waals surface area contributed by atoms with E-state index in [4.69, 9.17) is 11.6 Å². The van der Waals surface area contributed by atoms with E-state index in [0.29, 0.717) is 18.9 Å². The molecule has 1 fully saturated rings. The van der Waals surface area contributed by atoms with Crippen LogP contribution in [0, 0.1) is 0 Å². The molecule has 2 N–H and O–H groups in total. The zero-order valence-corrected chi connectivity index (χ0v) is 13.5. The maximum Gasteiger partial charge on any atom is 0.191 e. The summed E-state index contributed by atoms with van der Waals surface area (Å²) in [7, 11) is -1.20. The molecule has 1 unspecified atom stereocenters. The van der Waals surface area contributed by atoms with Crippen LogP contribution in [0.2, 0.25) is 5.02 Å². The maximum absolute atomic E-state index is 11.4. The van der Waals surface area contributed by atoms with Crippen LogP contribution in [0.4, 0.5) is 0 Å². The predicted octanol–water partition coefficient (Wildman–Crippen LogP) is 1.23. The van der Waals surface area contributed by atoms with Crippen LogP contribution in [0.25, 0.3) is 0 Å². The number of aliphatic imine (C=N–C) groups is 1. The first-order chi connectivity index (χ1) is 9.98. The summed E-state index contributed by atoms with van der Waals surface area (Å²) in [5, 5.41) is 7.07. The Bertz CT molecular complexity index is 616. The molecule has 1 aromatic carbocycles. The molecule has 0 radical (unpaired) electrons. The second-order valence-corrected chi connectivity index (χ2v) is 7.79. The minimum Gasteiger partial charge on any atom is -0.356 e. The zero-order valence-electron chi connectivity index (χ0n) is 12.0. The number of halogens is 1. The van der Waals surface area contributed by atoms with E-state index in [9.17, 15) is 8.42 Å². The summed E-state index contributed by atoms with van der Waals surface area (Å²) in [6, 6.07) is 7.68. The predicted molar refractivity (Wildman–Crippen MR) is 86.7 cm³/mol. The molecule has 5 nitrogen and oxygen atoms in total. The van der Waals surface area contributed by atoms with Crippen LogP contribution in [0.1, 0.15) is 12.0 Å². The van der Waals surface area contributed by atoms with E-state index in [-0.39, 0.29) is 17.5 Å². The van der Waals surface area contributed by atoms with Crippen molar-refractivity contribution in [1.82, 2.24) is 10.6 Å². The summed E-state index contributed by atoms with van der Waals surface area (Å²) in [6.07, 6.45) is 1.46. The molecule has 0 saturated carbocycles. The molecule has 2 rings (SSSR count). The molecule has 0 aliphatic carbocycles. The fraction of sp³-hybridized carbons (Fsp3) is 0.500. The van der Waals surface area contributed by atoms with E-state index < -0.39 is 9.84 Å². The van der Waals surface area contributed by atoms with Gasteiger partial charge in [-0.15, -0.1) is 0 Å². The van der Waals surface area contributed by atoms with Crippen molar-refractivity contribution >= 4 is 27.4 Å². The van der Waals surface area contributed by atoms with Crippen LogP contribution in [0.3, 0.4) is 0 Å². The van der Waals surface area contributed by atoms with Crippen molar-refractivity contribution in [2.24, 2.45) is 4.99 Å². The topological polar surface area (TPSA) is 70.6 Å². The van der Waals surface area contributed by atoms with Gasteiger partial charge in [0.05, 0.1) is 11.5 Å². The standard InChI is InChI=1S/C14H20ClN3O2S/c1-16-14(18-13-6-8-21(19,20)10-13)17-7-5-11-3-2-4-12(15)9-11/h2-4,9,13H,5-8,10H2,1H3,(H2,16,17,18). The highest BCUT2D eigenvalue weighted by atomic mass is 35.5. The lowest BCUT2D eigenvalue weighted by Gasteiger charge is -2.16. The molecule has 1 aliphatic heterocycles. The van der Waals surface area contributed by atoms with E-state index in [1.165, 1.54) is 0 Å². The van der Waals surface area contributed by atoms with Gasteiger partial charge in [0.25, 0.3) is 0 Å². The first-order valence-electron chi connectivity index (χ1n) is 6.90. The lowest BCUT2D eigenvalue weighted by molar-refractivity contribution is 0.599. The molecule has 0 bridgehead atoms.